The van der Waals surface area contributed by atoms with Crippen molar-refractivity contribution in [3.8, 4) is 0 Å². The lowest BCUT2D eigenvalue weighted by Crippen LogP contribution is -2.40. The van der Waals surface area contributed by atoms with Crippen LogP contribution in [0.1, 0.15) is 36.8 Å². The summed E-state index contributed by atoms with van der Waals surface area (Å²) < 4.78 is 2.27. The van der Waals surface area contributed by atoms with Gasteiger partial charge < -0.3 is 9.47 Å². The van der Waals surface area contributed by atoms with Crippen molar-refractivity contribution in [2.75, 3.05) is 18.4 Å². The number of aryl methyl sites for hydroxylation is 1. The number of anilines is 1. The van der Waals surface area contributed by atoms with Crippen molar-refractivity contribution in [2.24, 2.45) is 0 Å². The molecule has 0 unspecified atom stereocenters. The van der Waals surface area contributed by atoms with Crippen molar-refractivity contribution in [3.05, 3.63) is 17.2 Å². The molecule has 0 atom stereocenters. The van der Waals surface area contributed by atoms with Crippen molar-refractivity contribution in [2.45, 2.75) is 38.1 Å². The Labute approximate surface area is 131 Å². The van der Waals surface area contributed by atoms with Crippen LogP contribution in [-0.2, 0) is 13.0 Å². The molecule has 2 aromatic rings. The van der Waals surface area contributed by atoms with Crippen LogP contribution in [0, 0.1) is 0 Å². The Kier molecular flexibility index (Phi) is 3.49. The lowest BCUT2D eigenvalue weighted by molar-refractivity contribution is 0.193. The SMILES string of the molecule is O=C(Nc1nncs1)N1CCC(c2nnc3n2CCC3)CC1. The summed E-state index contributed by atoms with van der Waals surface area (Å²) in [6.07, 6.45) is 4.07. The first kappa shape index (κ1) is 13.6. The van der Waals surface area contributed by atoms with Crippen molar-refractivity contribution in [1.82, 2.24) is 29.9 Å². The molecule has 1 fully saturated rings. The van der Waals surface area contributed by atoms with Crippen molar-refractivity contribution < 1.29 is 4.79 Å². The third kappa shape index (κ3) is 2.45. The highest BCUT2D eigenvalue weighted by Gasteiger charge is 2.29. The normalized spacial score (nSPS) is 18.5. The van der Waals surface area contributed by atoms with Gasteiger partial charge in [-0.15, -0.1) is 20.4 Å². The molecule has 116 valence electrons. The monoisotopic (exact) mass is 319 g/mol. The van der Waals surface area contributed by atoms with Gasteiger partial charge in [0.25, 0.3) is 0 Å². The van der Waals surface area contributed by atoms with E-state index >= 15 is 0 Å². The zero-order chi connectivity index (χ0) is 14.9. The van der Waals surface area contributed by atoms with Gasteiger partial charge in [0.05, 0.1) is 0 Å². The number of likely N-dealkylation sites (tertiary alicyclic amines) is 1. The summed E-state index contributed by atoms with van der Waals surface area (Å²) in [4.78, 5) is 14.0. The van der Waals surface area contributed by atoms with Crippen LogP contribution >= 0.6 is 11.3 Å². The van der Waals surface area contributed by atoms with E-state index in [-0.39, 0.29) is 6.03 Å². The summed E-state index contributed by atoms with van der Waals surface area (Å²) in [7, 11) is 0. The maximum Gasteiger partial charge on any atom is 0.323 e. The van der Waals surface area contributed by atoms with Crippen LogP contribution in [0.5, 0.6) is 0 Å². The molecule has 1 N–H and O–H groups in total. The third-order valence-electron chi connectivity index (χ3n) is 4.36. The molecule has 8 nitrogen and oxygen atoms in total. The van der Waals surface area contributed by atoms with E-state index in [0.29, 0.717) is 11.0 Å². The Morgan fingerprint density at radius 2 is 2.09 bits per heavy atom. The predicted octanol–water partition coefficient (Wildman–Crippen LogP) is 1.49. The zero-order valence-corrected chi connectivity index (χ0v) is 12.9. The first-order valence-electron chi connectivity index (χ1n) is 7.55. The van der Waals surface area contributed by atoms with Gasteiger partial charge in [-0.25, -0.2) is 4.79 Å². The molecule has 0 aromatic carbocycles. The molecule has 4 heterocycles. The van der Waals surface area contributed by atoms with Gasteiger partial charge in [-0.05, 0) is 19.3 Å². The summed E-state index contributed by atoms with van der Waals surface area (Å²) >= 11 is 1.32. The Bertz CT molecular complexity index is 660. The fourth-order valence-electron chi connectivity index (χ4n) is 3.21. The second-order valence-electron chi connectivity index (χ2n) is 5.66. The van der Waals surface area contributed by atoms with Crippen molar-refractivity contribution in [1.29, 1.82) is 0 Å². The number of carbonyl (C=O) groups excluding carboxylic acids is 1. The number of aromatic nitrogens is 5. The summed E-state index contributed by atoms with van der Waals surface area (Å²) in [5.74, 6) is 2.63. The molecule has 2 amide bonds. The number of carbonyl (C=O) groups is 1. The standard InChI is InChI=1S/C13H17N7OS/c21-13(15-12-18-14-8-22-12)19-6-3-9(4-7-19)11-17-16-10-2-1-5-20(10)11/h8-9H,1-7H2,(H,15,18,21). The Balaban J connectivity index is 1.37. The molecule has 2 aliphatic rings. The molecule has 9 heteroatoms. The van der Waals surface area contributed by atoms with E-state index in [2.05, 4.69) is 30.3 Å². The summed E-state index contributed by atoms with van der Waals surface area (Å²) in [6, 6.07) is -0.0957. The van der Waals surface area contributed by atoms with Gasteiger partial charge in [-0.2, -0.15) is 0 Å². The summed E-state index contributed by atoms with van der Waals surface area (Å²) in [5, 5.41) is 19.5. The molecule has 4 rings (SSSR count). The maximum atomic E-state index is 12.2. The highest BCUT2D eigenvalue weighted by molar-refractivity contribution is 7.13. The van der Waals surface area contributed by atoms with Gasteiger partial charge in [0.15, 0.2) is 0 Å². The minimum Gasteiger partial charge on any atom is -0.324 e. The molecular weight excluding hydrogens is 302 g/mol. The van der Waals surface area contributed by atoms with E-state index in [9.17, 15) is 4.79 Å². The van der Waals surface area contributed by atoms with E-state index < -0.39 is 0 Å². The fourth-order valence-corrected chi connectivity index (χ4v) is 3.65. The van der Waals surface area contributed by atoms with Crippen LogP contribution < -0.4 is 5.32 Å². The highest BCUT2D eigenvalue weighted by atomic mass is 32.1. The number of amides is 2. The Hall–Kier alpha value is -2.03. The van der Waals surface area contributed by atoms with Gasteiger partial charge in [-0.3, -0.25) is 5.32 Å². The average molecular weight is 319 g/mol. The minimum atomic E-state index is -0.0957. The Morgan fingerprint density at radius 3 is 2.86 bits per heavy atom. The number of fused-ring (bicyclic) bond motifs is 1. The number of piperidine rings is 1. The second-order valence-corrected chi connectivity index (χ2v) is 6.50. The maximum absolute atomic E-state index is 12.2. The summed E-state index contributed by atoms with van der Waals surface area (Å²) in [6.45, 7) is 2.50. The molecule has 22 heavy (non-hydrogen) atoms. The first-order valence-corrected chi connectivity index (χ1v) is 8.43. The highest BCUT2D eigenvalue weighted by Crippen LogP contribution is 2.29. The van der Waals surface area contributed by atoms with Gasteiger partial charge in [-0.1, -0.05) is 11.3 Å². The van der Waals surface area contributed by atoms with Crippen molar-refractivity contribution in [3.63, 3.8) is 0 Å². The molecule has 0 aliphatic carbocycles. The molecule has 0 radical (unpaired) electrons. The number of hydrogen-bond acceptors (Lipinski definition) is 6. The predicted molar refractivity (Wildman–Crippen MR) is 80.8 cm³/mol. The van der Waals surface area contributed by atoms with E-state index in [0.717, 1.165) is 50.5 Å². The van der Waals surface area contributed by atoms with Gasteiger partial charge >= 0.3 is 6.03 Å². The van der Waals surface area contributed by atoms with Crippen molar-refractivity contribution >= 4 is 22.5 Å². The van der Waals surface area contributed by atoms with Crippen LogP contribution in [0.4, 0.5) is 9.93 Å². The molecule has 2 aliphatic heterocycles. The van der Waals surface area contributed by atoms with Gasteiger partial charge in [0.1, 0.15) is 17.2 Å². The number of hydrogen-bond donors (Lipinski definition) is 1. The van der Waals surface area contributed by atoms with Gasteiger partial charge in [0.2, 0.25) is 5.13 Å². The van der Waals surface area contributed by atoms with Crippen LogP contribution in [0.25, 0.3) is 0 Å². The lowest BCUT2D eigenvalue weighted by atomic mass is 9.96. The van der Waals surface area contributed by atoms with E-state index in [1.165, 1.54) is 17.8 Å². The fraction of sp³-hybridized carbons (Fsp3) is 0.615. The molecular formula is C13H17N7OS. The van der Waals surface area contributed by atoms with Crippen LogP contribution in [0.2, 0.25) is 0 Å². The van der Waals surface area contributed by atoms with Crippen LogP contribution in [0.3, 0.4) is 0 Å². The topological polar surface area (TPSA) is 88.8 Å². The van der Waals surface area contributed by atoms with Crippen LogP contribution in [-0.4, -0.2) is 49.0 Å². The van der Waals surface area contributed by atoms with E-state index in [1.54, 1.807) is 5.51 Å². The molecule has 1 saturated heterocycles. The largest absolute Gasteiger partial charge is 0.324 e. The molecule has 0 spiro atoms. The molecule has 2 aromatic heterocycles. The summed E-state index contributed by atoms with van der Waals surface area (Å²) in [5.41, 5.74) is 1.60. The lowest BCUT2D eigenvalue weighted by Gasteiger charge is -2.31. The quantitative estimate of drug-likeness (QED) is 0.906. The van der Waals surface area contributed by atoms with Gasteiger partial charge in [0, 0.05) is 32.0 Å². The van der Waals surface area contributed by atoms with E-state index in [4.69, 9.17) is 0 Å². The molecule has 0 bridgehead atoms. The Morgan fingerprint density at radius 1 is 1.23 bits per heavy atom. The molecule has 0 saturated carbocycles. The zero-order valence-electron chi connectivity index (χ0n) is 12.1. The smallest absolute Gasteiger partial charge is 0.323 e. The number of urea groups is 1. The number of nitrogens with zero attached hydrogens (tertiary/aromatic N) is 6. The first-order chi connectivity index (χ1) is 10.8. The average Bonchev–Trinajstić information content (AvgIpc) is 3.25. The number of nitrogens with one attached hydrogen (secondary N) is 1. The van der Waals surface area contributed by atoms with E-state index in [1.807, 2.05) is 4.90 Å². The number of rotatable bonds is 2. The van der Waals surface area contributed by atoms with Crippen LogP contribution in [0.15, 0.2) is 5.51 Å². The second kappa shape index (κ2) is 5.64. The third-order valence-corrected chi connectivity index (χ3v) is 4.97. The minimum absolute atomic E-state index is 0.0957.